The van der Waals surface area contributed by atoms with Gasteiger partial charge >= 0.3 is 0 Å². The monoisotopic (exact) mass is 322 g/mol. The molecule has 124 valence electrons. The van der Waals surface area contributed by atoms with Gasteiger partial charge in [-0.15, -0.1) is 0 Å². The second-order valence-corrected chi connectivity index (χ2v) is 7.17. The second kappa shape index (κ2) is 5.74. The van der Waals surface area contributed by atoms with Crippen molar-refractivity contribution in [3.8, 4) is 5.69 Å². The van der Waals surface area contributed by atoms with Crippen molar-refractivity contribution in [2.75, 3.05) is 14.1 Å². The Morgan fingerprint density at radius 2 is 1.92 bits per heavy atom. The first kappa shape index (κ1) is 16.2. The summed E-state index contributed by atoms with van der Waals surface area (Å²) in [5.41, 5.74) is 3.49. The average Bonchev–Trinajstić information content (AvgIpc) is 2.92. The van der Waals surface area contributed by atoms with Crippen LogP contribution in [0.5, 0.6) is 0 Å². The minimum absolute atomic E-state index is 0.0275. The zero-order valence-corrected chi connectivity index (χ0v) is 14.7. The summed E-state index contributed by atoms with van der Waals surface area (Å²) in [6, 6.07) is 10.1. The lowest BCUT2D eigenvalue weighted by atomic mass is 9.87. The van der Waals surface area contributed by atoms with E-state index in [9.17, 15) is 4.79 Å². The van der Waals surface area contributed by atoms with Crippen molar-refractivity contribution in [1.29, 1.82) is 0 Å². The Morgan fingerprint density at radius 1 is 1.17 bits per heavy atom. The lowest BCUT2D eigenvalue weighted by Gasteiger charge is -2.21. The van der Waals surface area contributed by atoms with E-state index in [1.54, 1.807) is 25.2 Å². The van der Waals surface area contributed by atoms with Crippen molar-refractivity contribution in [1.82, 2.24) is 19.4 Å². The molecule has 0 bridgehead atoms. The van der Waals surface area contributed by atoms with Crippen LogP contribution in [0.3, 0.4) is 0 Å². The first-order valence-corrected chi connectivity index (χ1v) is 7.93. The number of fused-ring (bicyclic) bond motifs is 1. The van der Waals surface area contributed by atoms with Crippen LogP contribution in [-0.4, -0.2) is 39.4 Å². The molecule has 2 heterocycles. The van der Waals surface area contributed by atoms with Crippen LogP contribution >= 0.6 is 0 Å². The Bertz CT molecular complexity index is 903. The number of hydrogen-bond donors (Lipinski definition) is 0. The molecule has 2 aromatic heterocycles. The third-order valence-corrected chi connectivity index (χ3v) is 4.06. The number of carbonyl (C=O) groups excluding carboxylic acids is 1. The summed E-state index contributed by atoms with van der Waals surface area (Å²) in [5, 5.41) is 0.851. The number of nitrogens with zero attached hydrogens (tertiary/aromatic N) is 4. The van der Waals surface area contributed by atoms with Crippen LogP contribution in [-0.2, 0) is 5.41 Å². The summed E-state index contributed by atoms with van der Waals surface area (Å²) >= 11 is 0. The third-order valence-electron chi connectivity index (χ3n) is 4.06. The van der Waals surface area contributed by atoms with Gasteiger partial charge in [0.05, 0.1) is 0 Å². The van der Waals surface area contributed by atoms with Crippen molar-refractivity contribution >= 4 is 16.9 Å². The summed E-state index contributed by atoms with van der Waals surface area (Å²) in [4.78, 5) is 22.7. The molecule has 3 aromatic rings. The molecule has 1 amide bonds. The Morgan fingerprint density at radius 3 is 2.58 bits per heavy atom. The molecule has 0 unspecified atom stereocenters. The van der Waals surface area contributed by atoms with Crippen LogP contribution in [0.4, 0.5) is 0 Å². The van der Waals surface area contributed by atoms with Gasteiger partial charge in [-0.25, -0.2) is 9.97 Å². The van der Waals surface area contributed by atoms with Gasteiger partial charge in [-0.1, -0.05) is 32.9 Å². The molecule has 0 spiro atoms. The van der Waals surface area contributed by atoms with E-state index in [2.05, 4.69) is 42.9 Å². The number of amides is 1. The Labute approximate surface area is 142 Å². The maximum atomic E-state index is 12.6. The number of rotatable bonds is 2. The number of carbonyl (C=O) groups is 1. The maximum Gasteiger partial charge on any atom is 0.270 e. The Hall–Kier alpha value is -2.69. The zero-order valence-electron chi connectivity index (χ0n) is 14.7. The molecule has 5 heteroatoms. The van der Waals surface area contributed by atoms with Crippen molar-refractivity contribution in [3.63, 3.8) is 0 Å². The van der Waals surface area contributed by atoms with Gasteiger partial charge in [0.1, 0.15) is 17.7 Å². The van der Waals surface area contributed by atoms with E-state index in [-0.39, 0.29) is 11.3 Å². The standard InChI is InChI=1S/C19H22N4O/c1-19(2,3)14-7-6-8-15(10-14)23-16(18(24)22(4)5)9-13-11-20-12-21-17(13)23/h6-12H,1-5H3. The van der Waals surface area contributed by atoms with E-state index in [1.807, 2.05) is 22.8 Å². The van der Waals surface area contributed by atoms with Crippen LogP contribution in [0.15, 0.2) is 42.9 Å². The molecule has 0 saturated heterocycles. The predicted octanol–water partition coefficient (Wildman–Crippen LogP) is 3.42. The van der Waals surface area contributed by atoms with Gasteiger partial charge in [-0.05, 0) is 29.2 Å². The summed E-state index contributed by atoms with van der Waals surface area (Å²) in [6.45, 7) is 6.52. The summed E-state index contributed by atoms with van der Waals surface area (Å²) in [5.74, 6) is -0.0610. The minimum atomic E-state index is -0.0610. The lowest BCUT2D eigenvalue weighted by Crippen LogP contribution is -2.24. The molecule has 0 saturated carbocycles. The fourth-order valence-electron chi connectivity index (χ4n) is 2.71. The van der Waals surface area contributed by atoms with E-state index in [4.69, 9.17) is 0 Å². The van der Waals surface area contributed by atoms with E-state index in [0.29, 0.717) is 5.69 Å². The second-order valence-electron chi connectivity index (χ2n) is 7.17. The zero-order chi connectivity index (χ0) is 17.5. The van der Waals surface area contributed by atoms with Gasteiger partial charge < -0.3 is 4.90 Å². The third kappa shape index (κ3) is 2.77. The van der Waals surface area contributed by atoms with Crippen LogP contribution in [0.2, 0.25) is 0 Å². The SMILES string of the molecule is CN(C)C(=O)c1cc2cncnc2n1-c1cccc(C(C)(C)C)c1. The molecule has 0 atom stereocenters. The van der Waals surface area contributed by atoms with Crippen molar-refractivity contribution in [2.45, 2.75) is 26.2 Å². The van der Waals surface area contributed by atoms with Gasteiger partial charge in [0.15, 0.2) is 0 Å². The number of aromatic nitrogens is 3. The summed E-state index contributed by atoms with van der Waals surface area (Å²) in [6.07, 6.45) is 3.25. The first-order chi connectivity index (χ1) is 11.3. The average molecular weight is 322 g/mol. The lowest BCUT2D eigenvalue weighted by molar-refractivity contribution is 0.0820. The molecule has 24 heavy (non-hydrogen) atoms. The molecule has 0 fully saturated rings. The van der Waals surface area contributed by atoms with Gasteiger partial charge in [0.25, 0.3) is 5.91 Å². The fourth-order valence-corrected chi connectivity index (χ4v) is 2.71. The van der Waals surface area contributed by atoms with Crippen molar-refractivity contribution in [3.05, 3.63) is 54.1 Å². The van der Waals surface area contributed by atoms with E-state index >= 15 is 0 Å². The topological polar surface area (TPSA) is 51.0 Å². The van der Waals surface area contributed by atoms with Crippen LogP contribution in [0, 0.1) is 0 Å². The predicted molar refractivity (Wildman–Crippen MR) is 95.6 cm³/mol. The van der Waals surface area contributed by atoms with E-state index < -0.39 is 0 Å². The molecular formula is C19H22N4O. The van der Waals surface area contributed by atoms with Crippen molar-refractivity contribution in [2.24, 2.45) is 0 Å². The highest BCUT2D eigenvalue weighted by Crippen LogP contribution is 2.28. The highest BCUT2D eigenvalue weighted by molar-refractivity contribution is 5.98. The highest BCUT2D eigenvalue weighted by Gasteiger charge is 2.21. The first-order valence-electron chi connectivity index (χ1n) is 7.93. The minimum Gasteiger partial charge on any atom is -0.343 e. The maximum absolute atomic E-state index is 12.6. The van der Waals surface area contributed by atoms with E-state index in [0.717, 1.165) is 16.7 Å². The van der Waals surface area contributed by atoms with Gasteiger partial charge in [0.2, 0.25) is 0 Å². The van der Waals surface area contributed by atoms with Gasteiger partial charge in [-0.3, -0.25) is 9.36 Å². The molecule has 0 aliphatic rings. The smallest absolute Gasteiger partial charge is 0.270 e. The molecule has 5 nitrogen and oxygen atoms in total. The highest BCUT2D eigenvalue weighted by atomic mass is 16.2. The largest absolute Gasteiger partial charge is 0.343 e. The summed E-state index contributed by atoms with van der Waals surface area (Å²) in [7, 11) is 3.50. The molecule has 0 aliphatic carbocycles. The van der Waals surface area contributed by atoms with Crippen molar-refractivity contribution < 1.29 is 4.79 Å². The normalized spacial score (nSPS) is 11.7. The van der Waals surface area contributed by atoms with E-state index in [1.165, 1.54) is 11.9 Å². The molecule has 0 radical (unpaired) electrons. The molecule has 0 aliphatic heterocycles. The van der Waals surface area contributed by atoms with Crippen LogP contribution in [0.25, 0.3) is 16.7 Å². The molecule has 0 N–H and O–H groups in total. The molecule has 3 rings (SSSR count). The fraction of sp³-hybridized carbons (Fsp3) is 0.316. The Balaban J connectivity index is 2.29. The summed E-state index contributed by atoms with van der Waals surface area (Å²) < 4.78 is 1.91. The Kier molecular flexibility index (Phi) is 3.87. The molecular weight excluding hydrogens is 300 g/mol. The quantitative estimate of drug-likeness (QED) is 0.726. The van der Waals surface area contributed by atoms with Crippen LogP contribution < -0.4 is 0 Å². The number of hydrogen-bond acceptors (Lipinski definition) is 3. The van der Waals surface area contributed by atoms with Crippen LogP contribution in [0.1, 0.15) is 36.8 Å². The van der Waals surface area contributed by atoms with Gasteiger partial charge in [-0.2, -0.15) is 0 Å². The molecule has 1 aromatic carbocycles. The number of benzene rings is 1. The van der Waals surface area contributed by atoms with Gasteiger partial charge in [0, 0.05) is 31.4 Å².